The van der Waals surface area contributed by atoms with Gasteiger partial charge >= 0.3 is 11.9 Å². The van der Waals surface area contributed by atoms with Crippen LogP contribution in [-0.2, 0) is 9.59 Å². The van der Waals surface area contributed by atoms with Crippen LogP contribution in [0.15, 0.2) is 24.3 Å². The first-order valence-corrected chi connectivity index (χ1v) is 8.82. The molecule has 0 amide bonds. The molecule has 0 fully saturated rings. The first-order valence-electron chi connectivity index (χ1n) is 8.82. The van der Waals surface area contributed by atoms with E-state index in [9.17, 15) is 9.59 Å². The average molecular weight is 324 g/mol. The molecule has 4 nitrogen and oxygen atoms in total. The van der Waals surface area contributed by atoms with E-state index in [0.29, 0.717) is 0 Å². The molecule has 0 aromatic carbocycles. The van der Waals surface area contributed by atoms with Crippen LogP contribution in [0.4, 0.5) is 0 Å². The topological polar surface area (TPSA) is 74.6 Å². The van der Waals surface area contributed by atoms with Gasteiger partial charge in [0.15, 0.2) is 0 Å². The van der Waals surface area contributed by atoms with Gasteiger partial charge in [-0.15, -0.1) is 0 Å². The zero-order valence-corrected chi connectivity index (χ0v) is 14.4. The van der Waals surface area contributed by atoms with Crippen LogP contribution in [0.3, 0.4) is 0 Å². The Hall–Kier alpha value is -1.58. The van der Waals surface area contributed by atoms with Gasteiger partial charge in [-0.3, -0.25) is 9.59 Å². The highest BCUT2D eigenvalue weighted by Crippen LogP contribution is 2.11. The molecule has 1 atom stereocenters. The van der Waals surface area contributed by atoms with E-state index in [-0.39, 0.29) is 12.8 Å². The van der Waals surface area contributed by atoms with E-state index in [0.717, 1.165) is 25.7 Å². The monoisotopic (exact) mass is 324 g/mol. The predicted octanol–water partition coefficient (Wildman–Crippen LogP) is 5.20. The predicted molar refractivity (Wildman–Crippen MR) is 93.5 cm³/mol. The number of unbranched alkanes of at least 4 members (excludes halogenated alkanes) is 7. The number of allylic oxidation sites excluding steroid dienone is 4. The Bertz CT molecular complexity index is 372. The van der Waals surface area contributed by atoms with Crippen molar-refractivity contribution < 1.29 is 19.8 Å². The molecule has 0 saturated heterocycles. The quantitative estimate of drug-likeness (QED) is 0.321. The second kappa shape index (κ2) is 15.3. The van der Waals surface area contributed by atoms with Crippen molar-refractivity contribution in [3.63, 3.8) is 0 Å². The zero-order chi connectivity index (χ0) is 17.3. The van der Waals surface area contributed by atoms with Gasteiger partial charge in [0.2, 0.25) is 0 Å². The van der Waals surface area contributed by atoms with Crippen molar-refractivity contribution in [3.05, 3.63) is 24.3 Å². The standard InChI is InChI=1S/C19H32O4/c1-2-3-4-5-6-7-8-9-10-11-12-13-14-15-17(19(22)23)16-18(20)21/h8-9,13-14,17H,2-7,10-12,15-16H2,1H3,(H,20,21)(H,22,23)/b9-8+,14-13+. The van der Waals surface area contributed by atoms with E-state index >= 15 is 0 Å². The molecule has 0 spiro atoms. The van der Waals surface area contributed by atoms with Crippen molar-refractivity contribution in [1.29, 1.82) is 0 Å². The van der Waals surface area contributed by atoms with Gasteiger partial charge in [-0.1, -0.05) is 56.9 Å². The summed E-state index contributed by atoms with van der Waals surface area (Å²) in [4.78, 5) is 21.4. The molecule has 0 aromatic heterocycles. The lowest BCUT2D eigenvalue weighted by atomic mass is 10.0. The van der Waals surface area contributed by atoms with Gasteiger partial charge in [-0.25, -0.2) is 0 Å². The second-order valence-electron chi connectivity index (χ2n) is 5.95. The maximum Gasteiger partial charge on any atom is 0.307 e. The number of carboxylic acids is 2. The van der Waals surface area contributed by atoms with Crippen LogP contribution in [0, 0.1) is 5.92 Å². The van der Waals surface area contributed by atoms with Crippen molar-refractivity contribution in [3.8, 4) is 0 Å². The molecule has 0 saturated carbocycles. The van der Waals surface area contributed by atoms with Crippen LogP contribution in [0.25, 0.3) is 0 Å². The van der Waals surface area contributed by atoms with Gasteiger partial charge in [0.25, 0.3) is 0 Å². The Kier molecular flexibility index (Phi) is 14.3. The fraction of sp³-hybridized carbons (Fsp3) is 0.684. The lowest BCUT2D eigenvalue weighted by Gasteiger charge is -2.05. The average Bonchev–Trinajstić information content (AvgIpc) is 2.50. The van der Waals surface area contributed by atoms with E-state index in [1.54, 1.807) is 6.08 Å². The van der Waals surface area contributed by atoms with Crippen LogP contribution in [0.1, 0.15) is 77.6 Å². The highest BCUT2D eigenvalue weighted by atomic mass is 16.4. The summed E-state index contributed by atoms with van der Waals surface area (Å²) >= 11 is 0. The first kappa shape index (κ1) is 21.4. The summed E-state index contributed by atoms with van der Waals surface area (Å²) < 4.78 is 0. The third-order valence-electron chi connectivity index (χ3n) is 3.74. The number of carboxylic acid groups (broad SMARTS) is 2. The second-order valence-corrected chi connectivity index (χ2v) is 5.95. The largest absolute Gasteiger partial charge is 0.481 e. The molecule has 2 N–H and O–H groups in total. The van der Waals surface area contributed by atoms with Crippen molar-refractivity contribution in [1.82, 2.24) is 0 Å². The van der Waals surface area contributed by atoms with Crippen molar-refractivity contribution >= 4 is 11.9 Å². The van der Waals surface area contributed by atoms with Crippen LogP contribution in [-0.4, -0.2) is 22.2 Å². The Morgan fingerprint density at radius 2 is 1.39 bits per heavy atom. The van der Waals surface area contributed by atoms with E-state index < -0.39 is 17.9 Å². The lowest BCUT2D eigenvalue weighted by molar-refractivity contribution is -0.148. The van der Waals surface area contributed by atoms with Gasteiger partial charge < -0.3 is 10.2 Å². The lowest BCUT2D eigenvalue weighted by Crippen LogP contribution is -2.16. The Balaban J connectivity index is 3.59. The number of hydrogen-bond donors (Lipinski definition) is 2. The molecule has 0 radical (unpaired) electrons. The SMILES string of the molecule is CCCCCCC/C=C/CCC/C=C/CC(CC(=O)O)C(=O)O. The molecule has 0 heterocycles. The number of hydrogen-bond acceptors (Lipinski definition) is 2. The van der Waals surface area contributed by atoms with Crippen LogP contribution < -0.4 is 0 Å². The van der Waals surface area contributed by atoms with Crippen LogP contribution >= 0.6 is 0 Å². The number of carbonyl (C=O) groups is 2. The minimum atomic E-state index is -1.06. The normalized spacial score (nSPS) is 12.9. The Labute approximate surface area is 140 Å². The minimum absolute atomic E-state index is 0.287. The van der Waals surface area contributed by atoms with E-state index in [1.807, 2.05) is 6.08 Å². The summed E-state index contributed by atoms with van der Waals surface area (Å²) in [5.41, 5.74) is 0. The molecule has 1 unspecified atom stereocenters. The van der Waals surface area contributed by atoms with E-state index in [2.05, 4.69) is 19.1 Å². The van der Waals surface area contributed by atoms with Crippen molar-refractivity contribution in [2.45, 2.75) is 77.6 Å². The highest BCUT2D eigenvalue weighted by Gasteiger charge is 2.18. The summed E-state index contributed by atoms with van der Waals surface area (Å²) in [7, 11) is 0. The molecule has 0 aliphatic heterocycles. The molecule has 0 aliphatic carbocycles. The molecule has 0 aliphatic rings. The van der Waals surface area contributed by atoms with Crippen LogP contribution in [0.5, 0.6) is 0 Å². The molecule has 132 valence electrons. The molecule has 4 heteroatoms. The minimum Gasteiger partial charge on any atom is -0.481 e. The number of aliphatic carboxylic acids is 2. The molecule has 0 rings (SSSR count). The fourth-order valence-corrected chi connectivity index (χ4v) is 2.32. The summed E-state index contributed by atoms with van der Waals surface area (Å²) in [5.74, 6) is -2.93. The van der Waals surface area contributed by atoms with Gasteiger partial charge in [0, 0.05) is 0 Å². The van der Waals surface area contributed by atoms with Gasteiger partial charge in [0.1, 0.15) is 0 Å². The third kappa shape index (κ3) is 15.1. The Morgan fingerprint density at radius 3 is 1.96 bits per heavy atom. The first-order chi connectivity index (χ1) is 11.1. The highest BCUT2D eigenvalue weighted by molar-refractivity contribution is 5.77. The molecule has 0 aromatic rings. The summed E-state index contributed by atoms with van der Waals surface area (Å²) in [5, 5.41) is 17.5. The fourth-order valence-electron chi connectivity index (χ4n) is 2.32. The summed E-state index contributed by atoms with van der Waals surface area (Å²) in [6, 6.07) is 0. The molecular weight excluding hydrogens is 292 g/mol. The van der Waals surface area contributed by atoms with Crippen molar-refractivity contribution in [2.75, 3.05) is 0 Å². The summed E-state index contributed by atoms with van der Waals surface area (Å²) in [6.07, 6.45) is 18.9. The van der Waals surface area contributed by atoms with Crippen molar-refractivity contribution in [2.24, 2.45) is 5.92 Å². The molecule has 0 bridgehead atoms. The number of rotatable bonds is 15. The Morgan fingerprint density at radius 1 is 0.826 bits per heavy atom. The van der Waals surface area contributed by atoms with Gasteiger partial charge in [-0.2, -0.15) is 0 Å². The summed E-state index contributed by atoms with van der Waals surface area (Å²) in [6.45, 7) is 2.22. The third-order valence-corrected chi connectivity index (χ3v) is 3.74. The maximum atomic E-state index is 10.9. The van der Waals surface area contributed by atoms with E-state index in [1.165, 1.54) is 32.1 Å². The maximum absolute atomic E-state index is 10.9. The smallest absolute Gasteiger partial charge is 0.307 e. The molecular formula is C19H32O4. The van der Waals surface area contributed by atoms with E-state index in [4.69, 9.17) is 10.2 Å². The molecule has 23 heavy (non-hydrogen) atoms. The van der Waals surface area contributed by atoms with Gasteiger partial charge in [-0.05, 0) is 38.5 Å². The van der Waals surface area contributed by atoms with Gasteiger partial charge in [0.05, 0.1) is 12.3 Å². The van der Waals surface area contributed by atoms with Crippen LogP contribution in [0.2, 0.25) is 0 Å². The zero-order valence-electron chi connectivity index (χ0n) is 14.4.